The van der Waals surface area contributed by atoms with E-state index in [2.05, 4.69) is 0 Å². The number of aryl methyl sites for hydroxylation is 1. The molecule has 6 nitrogen and oxygen atoms in total. The number of nitrogens with zero attached hydrogens (tertiary/aromatic N) is 1. The first kappa shape index (κ1) is 15.8. The highest BCUT2D eigenvalue weighted by Gasteiger charge is 2.27. The number of furan rings is 1. The standard InChI is InChI=1S/C20H13NO5/c1-12-5-7-18-16(9-12)20(22)19(26-18)11-15-6-8-17(25-15)13-3-2-4-14(10-13)21(23)24/h2-11H,1H3/b19-11-. The van der Waals surface area contributed by atoms with E-state index in [1.807, 2.05) is 13.0 Å². The second kappa shape index (κ2) is 6.00. The van der Waals surface area contributed by atoms with Gasteiger partial charge in [-0.05, 0) is 31.2 Å². The largest absolute Gasteiger partial charge is 0.457 e. The summed E-state index contributed by atoms with van der Waals surface area (Å²) in [6.07, 6.45) is 1.53. The maximum absolute atomic E-state index is 12.4. The predicted octanol–water partition coefficient (Wildman–Crippen LogP) is 4.78. The van der Waals surface area contributed by atoms with Crippen molar-refractivity contribution in [3.05, 3.63) is 87.4 Å². The molecule has 128 valence electrons. The maximum Gasteiger partial charge on any atom is 0.270 e. The number of fused-ring (bicyclic) bond motifs is 1. The quantitative estimate of drug-likeness (QED) is 0.387. The van der Waals surface area contributed by atoms with Crippen molar-refractivity contribution in [2.45, 2.75) is 6.92 Å². The molecular weight excluding hydrogens is 334 g/mol. The van der Waals surface area contributed by atoms with Gasteiger partial charge >= 0.3 is 0 Å². The molecule has 0 N–H and O–H groups in total. The first-order chi connectivity index (χ1) is 12.5. The minimum absolute atomic E-state index is 0.0149. The van der Waals surface area contributed by atoms with Crippen LogP contribution in [0.3, 0.4) is 0 Å². The molecule has 26 heavy (non-hydrogen) atoms. The Bertz CT molecular complexity index is 1080. The smallest absolute Gasteiger partial charge is 0.270 e. The summed E-state index contributed by atoms with van der Waals surface area (Å²) in [4.78, 5) is 22.9. The van der Waals surface area contributed by atoms with Crippen LogP contribution >= 0.6 is 0 Å². The van der Waals surface area contributed by atoms with Crippen LogP contribution in [-0.4, -0.2) is 10.7 Å². The number of nitro groups is 1. The van der Waals surface area contributed by atoms with Gasteiger partial charge in [-0.2, -0.15) is 0 Å². The lowest BCUT2D eigenvalue weighted by Crippen LogP contribution is -1.97. The maximum atomic E-state index is 12.4. The van der Waals surface area contributed by atoms with E-state index in [4.69, 9.17) is 9.15 Å². The molecule has 0 amide bonds. The molecule has 6 heteroatoms. The minimum atomic E-state index is -0.459. The molecule has 2 heterocycles. The van der Waals surface area contributed by atoms with Crippen LogP contribution in [0.25, 0.3) is 17.4 Å². The fourth-order valence-electron chi connectivity index (χ4n) is 2.79. The van der Waals surface area contributed by atoms with Crippen molar-refractivity contribution in [1.82, 2.24) is 0 Å². The zero-order valence-corrected chi connectivity index (χ0v) is 13.8. The topological polar surface area (TPSA) is 82.6 Å². The molecule has 0 unspecified atom stereocenters. The van der Waals surface area contributed by atoms with E-state index in [-0.39, 0.29) is 17.2 Å². The van der Waals surface area contributed by atoms with Gasteiger partial charge in [0.15, 0.2) is 5.76 Å². The highest BCUT2D eigenvalue weighted by atomic mass is 16.6. The molecule has 0 aliphatic carbocycles. The molecule has 0 fully saturated rings. The Morgan fingerprint density at radius 3 is 2.73 bits per heavy atom. The molecular formula is C20H13NO5. The van der Waals surface area contributed by atoms with Gasteiger partial charge in [-0.15, -0.1) is 0 Å². The number of hydrogen-bond acceptors (Lipinski definition) is 5. The Hall–Kier alpha value is -3.67. The number of nitro benzene ring substituents is 1. The SMILES string of the molecule is Cc1ccc2c(c1)C(=O)/C(=C/c1ccc(-c3cccc([N+](=O)[O-])c3)o1)O2. The van der Waals surface area contributed by atoms with Crippen molar-refractivity contribution in [3.63, 3.8) is 0 Å². The van der Waals surface area contributed by atoms with Crippen molar-refractivity contribution >= 4 is 17.5 Å². The zero-order valence-electron chi connectivity index (χ0n) is 13.8. The van der Waals surface area contributed by atoms with Crippen LogP contribution in [0.15, 0.2) is 64.8 Å². The van der Waals surface area contributed by atoms with Gasteiger partial charge in [-0.3, -0.25) is 14.9 Å². The van der Waals surface area contributed by atoms with Gasteiger partial charge in [0, 0.05) is 23.8 Å². The first-order valence-corrected chi connectivity index (χ1v) is 7.91. The molecule has 0 bridgehead atoms. The highest BCUT2D eigenvalue weighted by molar-refractivity contribution is 6.14. The van der Waals surface area contributed by atoms with Gasteiger partial charge in [0.05, 0.1) is 10.5 Å². The van der Waals surface area contributed by atoms with E-state index in [0.29, 0.717) is 28.4 Å². The molecule has 2 aromatic carbocycles. The average Bonchev–Trinajstić information content (AvgIpc) is 3.21. The van der Waals surface area contributed by atoms with Gasteiger partial charge in [0.2, 0.25) is 5.78 Å². The van der Waals surface area contributed by atoms with Crippen LogP contribution in [0.5, 0.6) is 5.75 Å². The lowest BCUT2D eigenvalue weighted by atomic mass is 10.1. The number of hydrogen-bond donors (Lipinski definition) is 0. The minimum Gasteiger partial charge on any atom is -0.457 e. The summed E-state index contributed by atoms with van der Waals surface area (Å²) in [6.45, 7) is 1.91. The lowest BCUT2D eigenvalue weighted by Gasteiger charge is -1.98. The number of Topliss-reactive ketones (excluding diaryl/α,β-unsaturated/α-hetero) is 1. The summed E-state index contributed by atoms with van der Waals surface area (Å²) >= 11 is 0. The number of allylic oxidation sites excluding steroid dienone is 1. The average molecular weight is 347 g/mol. The number of carbonyl (C=O) groups is 1. The lowest BCUT2D eigenvalue weighted by molar-refractivity contribution is -0.384. The van der Waals surface area contributed by atoms with Crippen LogP contribution in [0.4, 0.5) is 5.69 Å². The van der Waals surface area contributed by atoms with Gasteiger partial charge in [-0.25, -0.2) is 0 Å². The molecule has 0 saturated carbocycles. The molecule has 0 atom stereocenters. The summed E-state index contributed by atoms with van der Waals surface area (Å²) in [7, 11) is 0. The van der Waals surface area contributed by atoms with Gasteiger partial charge in [0.1, 0.15) is 17.3 Å². The van der Waals surface area contributed by atoms with E-state index < -0.39 is 4.92 Å². The van der Waals surface area contributed by atoms with Crippen molar-refractivity contribution in [2.75, 3.05) is 0 Å². The van der Waals surface area contributed by atoms with E-state index in [1.165, 1.54) is 18.2 Å². The molecule has 0 spiro atoms. The van der Waals surface area contributed by atoms with Crippen LogP contribution < -0.4 is 4.74 Å². The summed E-state index contributed by atoms with van der Waals surface area (Å²) in [6, 6.07) is 15.0. The van der Waals surface area contributed by atoms with Crippen LogP contribution in [-0.2, 0) is 0 Å². The first-order valence-electron chi connectivity index (χ1n) is 7.91. The molecule has 1 aliphatic heterocycles. The molecule has 1 aliphatic rings. The highest BCUT2D eigenvalue weighted by Crippen LogP contribution is 2.33. The van der Waals surface area contributed by atoms with Crippen molar-refractivity contribution < 1.29 is 18.9 Å². The number of rotatable bonds is 3. The summed E-state index contributed by atoms with van der Waals surface area (Å²) < 4.78 is 11.3. The van der Waals surface area contributed by atoms with Crippen LogP contribution in [0.1, 0.15) is 21.7 Å². The molecule has 3 aromatic rings. The molecule has 1 aromatic heterocycles. The number of ether oxygens (including phenoxy) is 1. The fourth-order valence-corrected chi connectivity index (χ4v) is 2.79. The predicted molar refractivity (Wildman–Crippen MR) is 94.9 cm³/mol. The Morgan fingerprint density at radius 2 is 1.92 bits per heavy atom. The number of carbonyl (C=O) groups excluding carboxylic acids is 1. The van der Waals surface area contributed by atoms with Gasteiger partial charge < -0.3 is 9.15 Å². The van der Waals surface area contributed by atoms with Gasteiger partial charge in [0.25, 0.3) is 5.69 Å². The summed E-state index contributed by atoms with van der Waals surface area (Å²) in [5.74, 6) is 1.42. The molecule has 4 rings (SSSR count). The van der Waals surface area contributed by atoms with E-state index in [1.54, 1.807) is 36.4 Å². The van der Waals surface area contributed by atoms with E-state index in [0.717, 1.165) is 5.56 Å². The molecule has 0 saturated heterocycles. The fraction of sp³-hybridized carbons (Fsp3) is 0.0500. The summed E-state index contributed by atoms with van der Waals surface area (Å²) in [5.41, 5.74) is 2.08. The van der Waals surface area contributed by atoms with E-state index in [9.17, 15) is 14.9 Å². The van der Waals surface area contributed by atoms with Crippen molar-refractivity contribution in [2.24, 2.45) is 0 Å². The number of ketones is 1. The Kier molecular flexibility index (Phi) is 3.65. The van der Waals surface area contributed by atoms with E-state index >= 15 is 0 Å². The monoisotopic (exact) mass is 347 g/mol. The normalized spacial score (nSPS) is 14.3. The third-order valence-electron chi connectivity index (χ3n) is 4.07. The Labute approximate surface area is 148 Å². The Morgan fingerprint density at radius 1 is 1.08 bits per heavy atom. The van der Waals surface area contributed by atoms with Gasteiger partial charge in [-0.1, -0.05) is 23.8 Å². The van der Waals surface area contributed by atoms with Crippen molar-refractivity contribution in [3.8, 4) is 17.1 Å². The number of non-ortho nitro benzene ring substituents is 1. The van der Waals surface area contributed by atoms with Crippen LogP contribution in [0, 0.1) is 17.0 Å². The number of benzene rings is 2. The summed E-state index contributed by atoms with van der Waals surface area (Å²) in [5, 5.41) is 10.9. The third-order valence-corrected chi connectivity index (χ3v) is 4.07. The zero-order chi connectivity index (χ0) is 18.3. The van der Waals surface area contributed by atoms with Crippen molar-refractivity contribution in [1.29, 1.82) is 0 Å². The third kappa shape index (κ3) is 2.77. The van der Waals surface area contributed by atoms with Crippen LogP contribution in [0.2, 0.25) is 0 Å². The second-order valence-electron chi connectivity index (χ2n) is 5.95. The Balaban J connectivity index is 1.64. The molecule has 0 radical (unpaired) electrons. The second-order valence-corrected chi connectivity index (χ2v) is 5.95.